The molecule has 20 heavy (non-hydrogen) atoms. The van der Waals surface area contributed by atoms with Gasteiger partial charge in [-0.3, -0.25) is 4.79 Å². The van der Waals surface area contributed by atoms with Crippen molar-refractivity contribution in [2.75, 3.05) is 7.11 Å². The Bertz CT molecular complexity index is 431. The van der Waals surface area contributed by atoms with Crippen molar-refractivity contribution in [3.05, 3.63) is 29.8 Å². The number of methoxy groups -OCH3 is 1. The van der Waals surface area contributed by atoms with Gasteiger partial charge < -0.3 is 15.8 Å². The van der Waals surface area contributed by atoms with Gasteiger partial charge in [-0.15, -0.1) is 0 Å². The Morgan fingerprint density at radius 1 is 1.30 bits per heavy atom. The summed E-state index contributed by atoms with van der Waals surface area (Å²) in [6.45, 7) is 0. The van der Waals surface area contributed by atoms with Crippen molar-refractivity contribution in [1.82, 2.24) is 5.32 Å². The number of hydrogen-bond acceptors (Lipinski definition) is 3. The Labute approximate surface area is 120 Å². The van der Waals surface area contributed by atoms with Crippen molar-refractivity contribution in [1.29, 1.82) is 0 Å². The first-order valence-corrected chi connectivity index (χ1v) is 7.37. The number of nitrogens with one attached hydrogen (secondary N) is 1. The van der Waals surface area contributed by atoms with Crippen LogP contribution in [0.3, 0.4) is 0 Å². The van der Waals surface area contributed by atoms with Crippen molar-refractivity contribution in [3.8, 4) is 5.75 Å². The smallest absolute Gasteiger partial charge is 0.220 e. The second-order valence-electron chi connectivity index (χ2n) is 5.47. The fourth-order valence-electron chi connectivity index (χ4n) is 2.67. The van der Waals surface area contributed by atoms with Crippen LogP contribution >= 0.6 is 0 Å². The molecule has 1 aromatic carbocycles. The zero-order chi connectivity index (χ0) is 14.4. The molecule has 0 aliphatic heterocycles. The SMILES string of the molecule is COc1ccc(CCC(=O)NC2CCCCC2N)cc1. The number of hydrogen-bond donors (Lipinski definition) is 2. The van der Waals surface area contributed by atoms with Crippen LogP contribution < -0.4 is 15.8 Å². The minimum absolute atomic E-state index is 0.100. The van der Waals surface area contributed by atoms with Crippen LogP contribution in [0.25, 0.3) is 0 Å². The van der Waals surface area contributed by atoms with Gasteiger partial charge in [0.15, 0.2) is 0 Å². The molecule has 1 aromatic rings. The molecule has 110 valence electrons. The standard InChI is InChI=1S/C16H24N2O2/c1-20-13-9-6-12(7-10-13)8-11-16(19)18-15-5-3-2-4-14(15)17/h6-7,9-10,14-15H,2-5,8,11,17H2,1H3,(H,18,19). The van der Waals surface area contributed by atoms with Crippen molar-refractivity contribution in [2.24, 2.45) is 5.73 Å². The second-order valence-corrected chi connectivity index (χ2v) is 5.47. The molecular weight excluding hydrogens is 252 g/mol. The first-order valence-electron chi connectivity index (χ1n) is 7.37. The van der Waals surface area contributed by atoms with E-state index in [9.17, 15) is 4.79 Å². The zero-order valence-electron chi connectivity index (χ0n) is 12.1. The van der Waals surface area contributed by atoms with Crippen LogP contribution in [0.4, 0.5) is 0 Å². The first kappa shape index (κ1) is 14.9. The molecule has 2 unspecified atom stereocenters. The highest BCUT2D eigenvalue weighted by molar-refractivity contribution is 5.76. The number of rotatable bonds is 5. The lowest BCUT2D eigenvalue weighted by molar-refractivity contribution is -0.122. The van der Waals surface area contributed by atoms with Crippen LogP contribution in [0, 0.1) is 0 Å². The highest BCUT2D eigenvalue weighted by Crippen LogP contribution is 2.17. The second kappa shape index (κ2) is 7.29. The van der Waals surface area contributed by atoms with Crippen molar-refractivity contribution < 1.29 is 9.53 Å². The van der Waals surface area contributed by atoms with E-state index in [0.717, 1.165) is 37.0 Å². The fourth-order valence-corrected chi connectivity index (χ4v) is 2.67. The van der Waals surface area contributed by atoms with Crippen molar-refractivity contribution >= 4 is 5.91 Å². The van der Waals surface area contributed by atoms with Gasteiger partial charge in [0.25, 0.3) is 0 Å². The largest absolute Gasteiger partial charge is 0.497 e. The number of benzene rings is 1. The monoisotopic (exact) mass is 276 g/mol. The van der Waals surface area contributed by atoms with Gasteiger partial charge >= 0.3 is 0 Å². The molecule has 4 nitrogen and oxygen atoms in total. The molecule has 0 spiro atoms. The van der Waals surface area contributed by atoms with Gasteiger partial charge in [0.1, 0.15) is 5.75 Å². The maximum absolute atomic E-state index is 12.0. The van der Waals surface area contributed by atoms with Crippen molar-refractivity contribution in [3.63, 3.8) is 0 Å². The number of nitrogens with two attached hydrogens (primary N) is 1. The Balaban J connectivity index is 1.76. The molecule has 0 radical (unpaired) electrons. The molecule has 1 saturated carbocycles. The molecule has 0 aromatic heterocycles. The van der Waals surface area contributed by atoms with E-state index in [4.69, 9.17) is 10.5 Å². The Hall–Kier alpha value is -1.55. The average molecular weight is 276 g/mol. The van der Waals surface area contributed by atoms with E-state index in [1.54, 1.807) is 7.11 Å². The van der Waals surface area contributed by atoms with Gasteiger partial charge in [0.2, 0.25) is 5.91 Å². The Morgan fingerprint density at radius 2 is 2.00 bits per heavy atom. The summed E-state index contributed by atoms with van der Waals surface area (Å²) in [6, 6.07) is 8.12. The highest BCUT2D eigenvalue weighted by Gasteiger charge is 2.22. The van der Waals surface area contributed by atoms with Gasteiger partial charge in [0, 0.05) is 18.5 Å². The summed E-state index contributed by atoms with van der Waals surface area (Å²) in [5, 5.41) is 3.07. The number of amides is 1. The third-order valence-electron chi connectivity index (χ3n) is 3.97. The van der Waals surface area contributed by atoms with Gasteiger partial charge in [0.05, 0.1) is 7.11 Å². The summed E-state index contributed by atoms with van der Waals surface area (Å²) in [6.07, 6.45) is 5.63. The van der Waals surface area contributed by atoms with Gasteiger partial charge in [-0.1, -0.05) is 25.0 Å². The molecule has 0 bridgehead atoms. The minimum atomic E-state index is 0.100. The number of ether oxygens (including phenoxy) is 1. The lowest BCUT2D eigenvalue weighted by atomic mass is 9.91. The van der Waals surface area contributed by atoms with Crippen LogP contribution in [0.15, 0.2) is 24.3 Å². The predicted molar refractivity (Wildman–Crippen MR) is 79.7 cm³/mol. The molecule has 1 amide bonds. The van der Waals surface area contributed by atoms with E-state index in [1.807, 2.05) is 24.3 Å². The van der Waals surface area contributed by atoms with E-state index in [1.165, 1.54) is 6.42 Å². The zero-order valence-corrected chi connectivity index (χ0v) is 12.1. The number of carbonyl (C=O) groups excluding carboxylic acids is 1. The van der Waals surface area contributed by atoms with Crippen LogP contribution in [0.5, 0.6) is 5.75 Å². The van der Waals surface area contributed by atoms with Crippen LogP contribution in [0.1, 0.15) is 37.7 Å². The summed E-state index contributed by atoms with van der Waals surface area (Å²) in [4.78, 5) is 12.0. The van der Waals surface area contributed by atoms with E-state index in [-0.39, 0.29) is 18.0 Å². The topological polar surface area (TPSA) is 64.3 Å². The third kappa shape index (κ3) is 4.23. The van der Waals surface area contributed by atoms with Gasteiger partial charge in [-0.2, -0.15) is 0 Å². The van der Waals surface area contributed by atoms with E-state index >= 15 is 0 Å². The molecule has 4 heteroatoms. The molecule has 2 rings (SSSR count). The number of aryl methyl sites for hydroxylation is 1. The first-order chi connectivity index (χ1) is 9.69. The summed E-state index contributed by atoms with van der Waals surface area (Å²) in [7, 11) is 1.65. The van der Waals surface area contributed by atoms with Crippen LogP contribution in [-0.4, -0.2) is 25.1 Å². The van der Waals surface area contributed by atoms with Crippen molar-refractivity contribution in [2.45, 2.75) is 50.6 Å². The lowest BCUT2D eigenvalue weighted by Gasteiger charge is -2.29. The number of carbonyl (C=O) groups is 1. The molecular formula is C16H24N2O2. The highest BCUT2D eigenvalue weighted by atomic mass is 16.5. The molecule has 3 N–H and O–H groups in total. The van der Waals surface area contributed by atoms with Crippen LogP contribution in [-0.2, 0) is 11.2 Å². The molecule has 1 aliphatic rings. The lowest BCUT2D eigenvalue weighted by Crippen LogP contribution is -2.49. The third-order valence-corrected chi connectivity index (χ3v) is 3.97. The van der Waals surface area contributed by atoms with Crippen LogP contribution in [0.2, 0.25) is 0 Å². The Morgan fingerprint density at radius 3 is 2.65 bits per heavy atom. The van der Waals surface area contributed by atoms with Gasteiger partial charge in [-0.05, 0) is 37.0 Å². The average Bonchev–Trinajstić information content (AvgIpc) is 2.48. The molecule has 1 fully saturated rings. The minimum Gasteiger partial charge on any atom is -0.497 e. The maximum Gasteiger partial charge on any atom is 0.220 e. The summed E-state index contributed by atoms with van der Waals surface area (Å²) in [5.41, 5.74) is 7.19. The summed E-state index contributed by atoms with van der Waals surface area (Å²) in [5.74, 6) is 0.939. The maximum atomic E-state index is 12.0. The van der Waals surface area contributed by atoms with E-state index < -0.39 is 0 Å². The van der Waals surface area contributed by atoms with Gasteiger partial charge in [-0.25, -0.2) is 0 Å². The van der Waals surface area contributed by atoms with E-state index in [2.05, 4.69) is 5.32 Å². The quantitative estimate of drug-likeness (QED) is 0.864. The molecule has 1 aliphatic carbocycles. The molecule has 0 heterocycles. The normalized spacial score (nSPS) is 22.3. The van der Waals surface area contributed by atoms with E-state index in [0.29, 0.717) is 6.42 Å². The summed E-state index contributed by atoms with van der Waals surface area (Å²) < 4.78 is 5.11. The Kier molecular flexibility index (Phi) is 5.41. The molecule has 0 saturated heterocycles. The predicted octanol–water partition coefficient (Wildman–Crippen LogP) is 2.01. The fraction of sp³-hybridized carbons (Fsp3) is 0.562. The summed E-state index contributed by atoms with van der Waals surface area (Å²) >= 11 is 0. The molecule has 2 atom stereocenters.